The Balaban J connectivity index is 3.23. The Hall–Kier alpha value is -0.480. The molecule has 4 nitrogen and oxygen atoms in total. The molecule has 0 aromatic carbocycles. The van der Waals surface area contributed by atoms with E-state index in [9.17, 15) is 9.59 Å². The minimum Gasteiger partial charge on any atom is -0.466 e. The van der Waals surface area contributed by atoms with Crippen LogP contribution in [0.3, 0.4) is 0 Å². The van der Waals surface area contributed by atoms with E-state index in [1.165, 1.54) is 64.2 Å². The molecular formula is C26H48Cl2O4. The number of hydrogen-bond donors (Lipinski definition) is 0. The van der Waals surface area contributed by atoms with Crippen LogP contribution in [-0.2, 0) is 19.1 Å². The van der Waals surface area contributed by atoms with E-state index in [0.29, 0.717) is 19.4 Å². The lowest BCUT2D eigenvalue weighted by Crippen LogP contribution is -2.09. The van der Waals surface area contributed by atoms with Gasteiger partial charge in [-0.15, -0.1) is 23.2 Å². The predicted molar refractivity (Wildman–Crippen MR) is 135 cm³/mol. The Kier molecular flexibility index (Phi) is 24.8. The molecule has 0 heterocycles. The summed E-state index contributed by atoms with van der Waals surface area (Å²) in [6.45, 7) is 2.89. The summed E-state index contributed by atoms with van der Waals surface area (Å²) >= 11 is 11.0. The van der Waals surface area contributed by atoms with E-state index in [4.69, 9.17) is 32.7 Å². The summed E-state index contributed by atoms with van der Waals surface area (Å²) in [4.78, 5) is 22.5. The maximum atomic E-state index is 11.8. The van der Waals surface area contributed by atoms with Crippen molar-refractivity contribution in [2.45, 2.75) is 140 Å². The molecule has 0 atom stereocenters. The Morgan fingerprint density at radius 3 is 1.38 bits per heavy atom. The van der Waals surface area contributed by atoms with Gasteiger partial charge in [0.2, 0.25) is 0 Å². The zero-order valence-electron chi connectivity index (χ0n) is 20.5. The summed E-state index contributed by atoms with van der Waals surface area (Å²) in [6, 6.07) is 0. The van der Waals surface area contributed by atoms with Crippen molar-refractivity contribution < 1.29 is 19.1 Å². The molecule has 190 valence electrons. The zero-order valence-corrected chi connectivity index (χ0v) is 22.0. The fraction of sp³-hybridized carbons (Fsp3) is 0.923. The number of halogens is 2. The fourth-order valence-electron chi connectivity index (χ4n) is 3.68. The molecule has 0 fully saturated rings. The molecule has 0 saturated carbocycles. The molecular weight excluding hydrogens is 447 g/mol. The monoisotopic (exact) mass is 494 g/mol. The molecule has 0 aromatic heterocycles. The van der Waals surface area contributed by atoms with Crippen molar-refractivity contribution >= 4 is 35.1 Å². The number of hydrogen-bond acceptors (Lipinski definition) is 4. The van der Waals surface area contributed by atoms with E-state index in [0.717, 1.165) is 51.4 Å². The van der Waals surface area contributed by atoms with Gasteiger partial charge in [-0.25, -0.2) is 0 Å². The second-order valence-electron chi connectivity index (χ2n) is 8.80. The fourth-order valence-corrected chi connectivity index (χ4v) is 3.80. The van der Waals surface area contributed by atoms with Gasteiger partial charge in [-0.2, -0.15) is 0 Å². The average molecular weight is 496 g/mol. The van der Waals surface area contributed by atoms with Gasteiger partial charge in [0.05, 0.1) is 6.61 Å². The topological polar surface area (TPSA) is 52.6 Å². The van der Waals surface area contributed by atoms with Crippen molar-refractivity contribution in [1.82, 2.24) is 0 Å². The van der Waals surface area contributed by atoms with Crippen LogP contribution in [0, 0.1) is 0 Å². The summed E-state index contributed by atoms with van der Waals surface area (Å²) in [5, 5.41) is 0. The standard InChI is InChI=1S/C26H48Cl2O4/c1-2-3-4-5-6-7-8-9-10-13-16-19-22-31-25(29)20-17-14-11-12-15-18-21-26(30)32-23-24(27)28/h24H,2-23H2,1H3. The maximum Gasteiger partial charge on any atom is 0.305 e. The van der Waals surface area contributed by atoms with Gasteiger partial charge in [-0.05, 0) is 19.3 Å². The minimum absolute atomic E-state index is 0.0529. The van der Waals surface area contributed by atoms with E-state index < -0.39 is 4.84 Å². The van der Waals surface area contributed by atoms with E-state index in [1.807, 2.05) is 0 Å². The van der Waals surface area contributed by atoms with Gasteiger partial charge in [0, 0.05) is 12.8 Å². The van der Waals surface area contributed by atoms with Crippen molar-refractivity contribution in [3.05, 3.63) is 0 Å². The third-order valence-electron chi connectivity index (χ3n) is 5.64. The van der Waals surface area contributed by atoms with Gasteiger partial charge < -0.3 is 9.47 Å². The molecule has 0 bridgehead atoms. The number of ether oxygens (including phenoxy) is 2. The number of alkyl halides is 2. The summed E-state index contributed by atoms with van der Waals surface area (Å²) in [7, 11) is 0. The third-order valence-corrected chi connectivity index (χ3v) is 5.90. The van der Waals surface area contributed by atoms with Crippen molar-refractivity contribution in [3.8, 4) is 0 Å². The average Bonchev–Trinajstić information content (AvgIpc) is 2.77. The molecule has 0 saturated heterocycles. The van der Waals surface area contributed by atoms with Crippen LogP contribution in [0.1, 0.15) is 135 Å². The SMILES string of the molecule is CCCCCCCCCCCCCCOC(=O)CCCCCCCCC(=O)OCC(Cl)Cl. The van der Waals surface area contributed by atoms with Gasteiger partial charge in [0.25, 0.3) is 0 Å². The highest BCUT2D eigenvalue weighted by atomic mass is 35.5. The molecule has 0 aliphatic heterocycles. The van der Waals surface area contributed by atoms with Crippen LogP contribution in [0.15, 0.2) is 0 Å². The molecule has 0 amide bonds. The molecule has 0 unspecified atom stereocenters. The highest BCUT2D eigenvalue weighted by Crippen LogP contribution is 2.13. The quantitative estimate of drug-likeness (QED) is 0.0763. The number of carbonyl (C=O) groups is 2. The van der Waals surface area contributed by atoms with Gasteiger partial charge in [-0.3, -0.25) is 9.59 Å². The minimum atomic E-state index is -0.657. The Bertz CT molecular complexity index is 430. The molecule has 0 rings (SSSR count). The number of unbranched alkanes of at least 4 members (excludes halogenated alkanes) is 16. The number of carbonyl (C=O) groups excluding carboxylic acids is 2. The lowest BCUT2D eigenvalue weighted by atomic mass is 10.1. The van der Waals surface area contributed by atoms with Crippen molar-refractivity contribution in [2.24, 2.45) is 0 Å². The van der Waals surface area contributed by atoms with E-state index in [2.05, 4.69) is 6.92 Å². The Morgan fingerprint density at radius 2 is 0.938 bits per heavy atom. The second-order valence-corrected chi connectivity index (χ2v) is 10.1. The molecule has 0 aliphatic carbocycles. The van der Waals surface area contributed by atoms with E-state index in [-0.39, 0.29) is 18.5 Å². The molecule has 0 radical (unpaired) electrons. The first-order chi connectivity index (χ1) is 15.6. The van der Waals surface area contributed by atoms with Crippen molar-refractivity contribution in [3.63, 3.8) is 0 Å². The van der Waals surface area contributed by atoms with Crippen molar-refractivity contribution in [1.29, 1.82) is 0 Å². The van der Waals surface area contributed by atoms with Crippen LogP contribution in [0.5, 0.6) is 0 Å². The van der Waals surface area contributed by atoms with Crippen LogP contribution in [0.4, 0.5) is 0 Å². The lowest BCUT2D eigenvalue weighted by Gasteiger charge is -2.06. The van der Waals surface area contributed by atoms with E-state index in [1.54, 1.807) is 0 Å². The molecule has 6 heteroatoms. The van der Waals surface area contributed by atoms with E-state index >= 15 is 0 Å². The summed E-state index contributed by atoms with van der Waals surface area (Å²) < 4.78 is 10.2. The summed E-state index contributed by atoms with van der Waals surface area (Å²) in [5.74, 6) is -0.306. The van der Waals surface area contributed by atoms with Gasteiger partial charge in [0.1, 0.15) is 11.4 Å². The normalized spacial score (nSPS) is 11.1. The largest absolute Gasteiger partial charge is 0.466 e. The van der Waals surface area contributed by atoms with Gasteiger partial charge >= 0.3 is 11.9 Å². The highest BCUT2D eigenvalue weighted by Gasteiger charge is 2.06. The first-order valence-electron chi connectivity index (χ1n) is 13.2. The third kappa shape index (κ3) is 25.8. The van der Waals surface area contributed by atoms with Crippen LogP contribution in [-0.4, -0.2) is 30.0 Å². The van der Waals surface area contributed by atoms with Crippen LogP contribution in [0.2, 0.25) is 0 Å². The summed E-state index contributed by atoms with van der Waals surface area (Å²) in [5.41, 5.74) is 0. The van der Waals surface area contributed by atoms with Crippen molar-refractivity contribution in [2.75, 3.05) is 13.2 Å². The second kappa shape index (κ2) is 25.1. The first-order valence-corrected chi connectivity index (χ1v) is 14.0. The van der Waals surface area contributed by atoms with Gasteiger partial charge in [0.15, 0.2) is 0 Å². The Morgan fingerprint density at radius 1 is 0.562 bits per heavy atom. The van der Waals surface area contributed by atoms with Crippen LogP contribution < -0.4 is 0 Å². The van der Waals surface area contributed by atoms with Crippen LogP contribution in [0.25, 0.3) is 0 Å². The summed E-state index contributed by atoms with van der Waals surface area (Å²) in [6.07, 6.45) is 22.5. The Labute approximate surface area is 207 Å². The molecule has 0 N–H and O–H groups in total. The molecule has 0 aliphatic rings. The molecule has 0 spiro atoms. The van der Waals surface area contributed by atoms with Gasteiger partial charge in [-0.1, -0.05) is 103 Å². The molecule has 0 aromatic rings. The first kappa shape index (κ1) is 31.5. The predicted octanol–water partition coefficient (Wildman–Crippen LogP) is 8.70. The zero-order chi connectivity index (χ0) is 23.7. The smallest absolute Gasteiger partial charge is 0.305 e. The van der Waals surface area contributed by atoms with Crippen LogP contribution >= 0.6 is 23.2 Å². The number of esters is 2. The lowest BCUT2D eigenvalue weighted by molar-refractivity contribution is -0.144. The number of rotatable bonds is 24. The highest BCUT2D eigenvalue weighted by molar-refractivity contribution is 6.44. The maximum absolute atomic E-state index is 11.8. The molecule has 32 heavy (non-hydrogen) atoms.